The molecule has 1 aromatic rings. The van der Waals surface area contributed by atoms with Crippen molar-refractivity contribution in [3.8, 4) is 0 Å². The first-order valence-electron chi connectivity index (χ1n) is 6.87. The summed E-state index contributed by atoms with van der Waals surface area (Å²) in [5.74, 6) is -0.410. The predicted octanol–water partition coefficient (Wildman–Crippen LogP) is 3.00. The molecule has 0 aromatic heterocycles. The van der Waals surface area contributed by atoms with Crippen molar-refractivity contribution in [3.05, 3.63) is 29.3 Å². The van der Waals surface area contributed by atoms with E-state index in [0.717, 1.165) is 24.8 Å². The molecule has 2 atom stereocenters. The third-order valence-electron chi connectivity index (χ3n) is 3.77. The van der Waals surface area contributed by atoms with Gasteiger partial charge in [0.25, 0.3) is 0 Å². The molecule has 3 N–H and O–H groups in total. The van der Waals surface area contributed by atoms with E-state index in [0.29, 0.717) is 11.6 Å². The normalized spacial score (nSPS) is 21.5. The van der Waals surface area contributed by atoms with E-state index in [4.69, 9.17) is 5.11 Å². The fourth-order valence-electron chi connectivity index (χ4n) is 2.69. The molecule has 1 aliphatic rings. The highest BCUT2D eigenvalue weighted by Gasteiger charge is 2.23. The van der Waals surface area contributed by atoms with E-state index in [-0.39, 0.29) is 17.6 Å². The Bertz CT molecular complexity index is 528. The number of urea groups is 1. The number of aromatic carboxylic acids is 1. The zero-order valence-corrected chi connectivity index (χ0v) is 11.8. The molecule has 2 unspecified atom stereocenters. The summed E-state index contributed by atoms with van der Waals surface area (Å²) < 4.78 is 0. The van der Waals surface area contributed by atoms with Crippen molar-refractivity contribution >= 4 is 17.7 Å². The summed E-state index contributed by atoms with van der Waals surface area (Å²) >= 11 is 0. The molecular formula is C15H20N2O3. The maximum absolute atomic E-state index is 12.0. The topological polar surface area (TPSA) is 78.4 Å². The Morgan fingerprint density at radius 1 is 1.30 bits per heavy atom. The number of carbonyl (C=O) groups excluding carboxylic acids is 1. The fraction of sp³-hybridized carbons (Fsp3) is 0.467. The lowest BCUT2D eigenvalue weighted by atomic mass is 10.1. The molecular weight excluding hydrogens is 256 g/mol. The molecule has 0 bridgehead atoms. The largest absolute Gasteiger partial charge is 0.478 e. The van der Waals surface area contributed by atoms with E-state index < -0.39 is 5.97 Å². The zero-order chi connectivity index (χ0) is 14.7. The third-order valence-corrected chi connectivity index (χ3v) is 3.77. The Hall–Kier alpha value is -2.04. The van der Waals surface area contributed by atoms with Crippen LogP contribution >= 0.6 is 0 Å². The second-order valence-corrected chi connectivity index (χ2v) is 5.52. The van der Waals surface area contributed by atoms with E-state index >= 15 is 0 Å². The minimum atomic E-state index is -1.04. The number of carboxylic acids is 1. The molecule has 0 radical (unpaired) electrons. The van der Waals surface area contributed by atoms with Gasteiger partial charge in [-0.15, -0.1) is 0 Å². The molecule has 1 aliphatic carbocycles. The average Bonchev–Trinajstić information content (AvgIpc) is 2.77. The Morgan fingerprint density at radius 3 is 2.65 bits per heavy atom. The smallest absolute Gasteiger partial charge is 0.337 e. The van der Waals surface area contributed by atoms with E-state index in [2.05, 4.69) is 17.6 Å². The summed E-state index contributed by atoms with van der Waals surface area (Å²) in [6, 6.07) is 4.78. The highest BCUT2D eigenvalue weighted by molar-refractivity contribution is 6.01. The molecule has 5 nitrogen and oxygen atoms in total. The summed E-state index contributed by atoms with van der Waals surface area (Å²) in [5, 5.41) is 14.7. The van der Waals surface area contributed by atoms with Crippen LogP contribution in [0.5, 0.6) is 0 Å². The number of anilines is 1. The van der Waals surface area contributed by atoms with E-state index in [1.807, 2.05) is 0 Å². The summed E-state index contributed by atoms with van der Waals surface area (Å²) in [5.41, 5.74) is 1.21. The molecule has 0 spiro atoms. The Labute approximate surface area is 118 Å². The molecule has 2 amide bonds. The minimum absolute atomic E-state index is 0.111. The number of hydrogen-bond donors (Lipinski definition) is 3. The summed E-state index contributed by atoms with van der Waals surface area (Å²) in [7, 11) is 0. The molecule has 0 aliphatic heterocycles. The van der Waals surface area contributed by atoms with Crippen LogP contribution in [-0.2, 0) is 0 Å². The van der Waals surface area contributed by atoms with Gasteiger partial charge in [0.1, 0.15) is 0 Å². The molecule has 0 saturated heterocycles. The van der Waals surface area contributed by atoms with Gasteiger partial charge < -0.3 is 15.7 Å². The Morgan fingerprint density at radius 2 is 2.05 bits per heavy atom. The summed E-state index contributed by atoms with van der Waals surface area (Å²) in [4.78, 5) is 23.2. The van der Waals surface area contributed by atoms with Crippen LogP contribution in [0.4, 0.5) is 10.5 Å². The van der Waals surface area contributed by atoms with Crippen molar-refractivity contribution in [2.24, 2.45) is 5.92 Å². The second kappa shape index (κ2) is 5.94. The quantitative estimate of drug-likeness (QED) is 0.794. The number of rotatable bonds is 3. The van der Waals surface area contributed by atoms with E-state index in [1.165, 1.54) is 6.07 Å². The molecule has 1 fully saturated rings. The number of benzene rings is 1. The van der Waals surface area contributed by atoms with Gasteiger partial charge in [0.2, 0.25) is 0 Å². The van der Waals surface area contributed by atoms with Gasteiger partial charge in [-0.2, -0.15) is 0 Å². The number of aryl methyl sites for hydroxylation is 1. The van der Waals surface area contributed by atoms with Crippen LogP contribution in [0.25, 0.3) is 0 Å². The van der Waals surface area contributed by atoms with Crippen LogP contribution < -0.4 is 10.6 Å². The molecule has 5 heteroatoms. The maximum atomic E-state index is 12.0. The summed E-state index contributed by atoms with van der Waals surface area (Å²) in [6.07, 6.45) is 3.08. The van der Waals surface area contributed by atoms with Gasteiger partial charge in [0, 0.05) is 6.04 Å². The summed E-state index contributed by atoms with van der Waals surface area (Å²) in [6.45, 7) is 3.95. The van der Waals surface area contributed by atoms with E-state index in [9.17, 15) is 9.59 Å². The number of amides is 2. The van der Waals surface area contributed by atoms with Crippen molar-refractivity contribution in [1.82, 2.24) is 5.32 Å². The number of carboxylic acid groups (broad SMARTS) is 1. The van der Waals surface area contributed by atoms with Crippen molar-refractivity contribution in [3.63, 3.8) is 0 Å². The Balaban J connectivity index is 2.06. The van der Waals surface area contributed by atoms with Crippen LogP contribution in [0, 0.1) is 12.8 Å². The first-order chi connectivity index (χ1) is 9.47. The lowest BCUT2D eigenvalue weighted by Gasteiger charge is -2.16. The number of carbonyl (C=O) groups is 2. The van der Waals surface area contributed by atoms with Gasteiger partial charge >= 0.3 is 12.0 Å². The SMILES string of the molecule is Cc1cccc(C(=O)O)c1NC(=O)NC1CCC(C)C1. The van der Waals surface area contributed by atoms with Gasteiger partial charge in [0.05, 0.1) is 11.3 Å². The van der Waals surface area contributed by atoms with Crippen molar-refractivity contribution < 1.29 is 14.7 Å². The predicted molar refractivity (Wildman–Crippen MR) is 77.1 cm³/mol. The molecule has 0 heterocycles. The molecule has 20 heavy (non-hydrogen) atoms. The first-order valence-corrected chi connectivity index (χ1v) is 6.87. The fourth-order valence-corrected chi connectivity index (χ4v) is 2.69. The third kappa shape index (κ3) is 3.29. The molecule has 1 aromatic carbocycles. The van der Waals surface area contributed by atoms with Gasteiger partial charge in [0.15, 0.2) is 0 Å². The van der Waals surface area contributed by atoms with Crippen molar-refractivity contribution in [1.29, 1.82) is 0 Å². The zero-order valence-electron chi connectivity index (χ0n) is 11.8. The van der Waals surface area contributed by atoms with Gasteiger partial charge in [-0.3, -0.25) is 0 Å². The molecule has 108 valence electrons. The van der Waals surface area contributed by atoms with Crippen LogP contribution in [0.1, 0.15) is 42.1 Å². The molecule has 2 rings (SSSR count). The standard InChI is InChI=1S/C15H20N2O3/c1-9-6-7-11(8-9)16-15(20)17-13-10(2)4-3-5-12(13)14(18)19/h3-5,9,11H,6-8H2,1-2H3,(H,18,19)(H2,16,17,20). The second-order valence-electron chi connectivity index (χ2n) is 5.52. The van der Waals surface area contributed by atoms with Crippen LogP contribution in [0.2, 0.25) is 0 Å². The lowest BCUT2D eigenvalue weighted by Crippen LogP contribution is -2.36. The lowest BCUT2D eigenvalue weighted by molar-refractivity contribution is 0.0698. The number of para-hydroxylation sites is 1. The van der Waals surface area contributed by atoms with Crippen molar-refractivity contribution in [2.45, 2.75) is 39.2 Å². The van der Waals surface area contributed by atoms with Crippen LogP contribution in [0.3, 0.4) is 0 Å². The number of nitrogens with one attached hydrogen (secondary N) is 2. The maximum Gasteiger partial charge on any atom is 0.337 e. The molecule has 1 saturated carbocycles. The average molecular weight is 276 g/mol. The monoisotopic (exact) mass is 276 g/mol. The van der Waals surface area contributed by atoms with Crippen LogP contribution in [-0.4, -0.2) is 23.1 Å². The Kier molecular flexibility index (Phi) is 4.27. The number of hydrogen-bond acceptors (Lipinski definition) is 2. The van der Waals surface area contributed by atoms with Crippen LogP contribution in [0.15, 0.2) is 18.2 Å². The minimum Gasteiger partial charge on any atom is -0.478 e. The van der Waals surface area contributed by atoms with Gasteiger partial charge in [-0.05, 0) is 43.7 Å². The van der Waals surface area contributed by atoms with Gasteiger partial charge in [-0.1, -0.05) is 19.1 Å². The van der Waals surface area contributed by atoms with E-state index in [1.54, 1.807) is 19.1 Å². The van der Waals surface area contributed by atoms with Gasteiger partial charge in [-0.25, -0.2) is 9.59 Å². The first kappa shape index (κ1) is 14.4. The van der Waals surface area contributed by atoms with Crippen molar-refractivity contribution in [2.75, 3.05) is 5.32 Å². The highest BCUT2D eigenvalue weighted by Crippen LogP contribution is 2.25. The highest BCUT2D eigenvalue weighted by atomic mass is 16.4.